The van der Waals surface area contributed by atoms with Gasteiger partial charge in [0.15, 0.2) is 0 Å². The van der Waals surface area contributed by atoms with Crippen LogP contribution in [0.1, 0.15) is 119 Å². The van der Waals surface area contributed by atoms with E-state index in [1.807, 2.05) is 20.8 Å². The number of alkyl halides is 1. The summed E-state index contributed by atoms with van der Waals surface area (Å²) in [7, 11) is 0. The number of piperidine rings is 2. The lowest BCUT2D eigenvalue weighted by molar-refractivity contribution is -0.155. The molecule has 0 radical (unpaired) electrons. The Morgan fingerprint density at radius 2 is 1.62 bits per heavy atom. The normalized spacial score (nSPS) is 25.6. The topological polar surface area (TPSA) is 132 Å². The summed E-state index contributed by atoms with van der Waals surface area (Å²) in [6, 6.07) is 0.649. The third kappa shape index (κ3) is 8.75. The van der Waals surface area contributed by atoms with Gasteiger partial charge in [0.05, 0.1) is 24.3 Å². The molecule has 1 saturated carbocycles. The Bertz CT molecular complexity index is 1460. The zero-order valence-corrected chi connectivity index (χ0v) is 30.6. The molecule has 1 aromatic carbocycles. The van der Waals surface area contributed by atoms with Crippen LogP contribution in [0.2, 0.25) is 0 Å². The van der Waals surface area contributed by atoms with E-state index in [1.54, 1.807) is 38.7 Å². The molecule has 0 spiro atoms. The molecule has 1 aromatic rings. The molecule has 2 N–H and O–H groups in total. The first kappa shape index (κ1) is 37.9. The van der Waals surface area contributed by atoms with Crippen LogP contribution in [0.5, 0.6) is 0 Å². The highest BCUT2D eigenvalue weighted by Gasteiger charge is 2.44. The first-order valence-electron chi connectivity index (χ1n) is 18.0. The summed E-state index contributed by atoms with van der Waals surface area (Å²) in [5.41, 5.74) is 5.48. The van der Waals surface area contributed by atoms with E-state index in [0.717, 1.165) is 25.7 Å². The van der Waals surface area contributed by atoms with Crippen LogP contribution < -0.4 is 5.73 Å². The predicted octanol–water partition coefficient (Wildman–Crippen LogP) is 5.14. The van der Waals surface area contributed by atoms with Crippen molar-refractivity contribution in [2.45, 2.75) is 148 Å². The molecule has 0 aromatic heterocycles. The lowest BCUT2D eigenvalue weighted by Crippen LogP contribution is -2.54. The Hall–Kier alpha value is -3.32. The van der Waals surface area contributed by atoms with Crippen molar-refractivity contribution < 1.29 is 42.2 Å². The average molecular weight is 705 g/mol. The minimum Gasteiger partial charge on any atom is -0.460 e. The fourth-order valence-corrected chi connectivity index (χ4v) is 7.67. The van der Waals surface area contributed by atoms with Gasteiger partial charge >= 0.3 is 12.1 Å². The van der Waals surface area contributed by atoms with Crippen molar-refractivity contribution in [2.24, 2.45) is 5.73 Å². The van der Waals surface area contributed by atoms with Crippen LogP contribution in [0, 0.1) is 12.7 Å². The van der Waals surface area contributed by atoms with Gasteiger partial charge in [0.25, 0.3) is 5.91 Å². The summed E-state index contributed by atoms with van der Waals surface area (Å²) < 4.78 is 49.2. The first-order valence-corrected chi connectivity index (χ1v) is 18.0. The number of ether oxygens (including phenoxy) is 3. The molecular formula is C37H54F2N4O7. The second kappa shape index (κ2) is 14.7. The van der Waals surface area contributed by atoms with Crippen LogP contribution in [0.4, 0.5) is 13.6 Å². The Kier molecular flexibility index (Phi) is 11.2. The van der Waals surface area contributed by atoms with E-state index in [-0.39, 0.29) is 67.0 Å². The highest BCUT2D eigenvalue weighted by Crippen LogP contribution is 2.41. The van der Waals surface area contributed by atoms with Crippen LogP contribution in [0.25, 0.3) is 0 Å². The number of carbonyl (C=O) groups is 4. The Labute approximate surface area is 294 Å². The van der Waals surface area contributed by atoms with E-state index in [1.165, 1.54) is 4.90 Å². The van der Waals surface area contributed by atoms with E-state index in [0.29, 0.717) is 31.6 Å². The summed E-state index contributed by atoms with van der Waals surface area (Å²) in [5, 5.41) is 0. The van der Waals surface area contributed by atoms with E-state index in [9.17, 15) is 19.2 Å². The molecule has 50 heavy (non-hydrogen) atoms. The highest BCUT2D eigenvalue weighted by atomic mass is 19.1. The Morgan fingerprint density at radius 3 is 2.20 bits per heavy atom. The molecule has 11 nitrogen and oxygen atoms in total. The summed E-state index contributed by atoms with van der Waals surface area (Å²) in [5.74, 6) is -3.14. The van der Waals surface area contributed by atoms with Gasteiger partial charge in [-0.05, 0) is 105 Å². The number of aryl methyl sites for hydroxylation is 1. The number of halogens is 2. The van der Waals surface area contributed by atoms with Gasteiger partial charge in [0.2, 0.25) is 5.91 Å². The second-order valence-corrected chi connectivity index (χ2v) is 16.4. The molecule has 0 unspecified atom stereocenters. The molecular weight excluding hydrogens is 650 g/mol. The number of benzene rings is 1. The van der Waals surface area contributed by atoms with Crippen molar-refractivity contribution in [3.63, 3.8) is 0 Å². The number of rotatable bonds is 9. The lowest BCUT2D eigenvalue weighted by atomic mass is 9.81. The number of carbonyl (C=O) groups excluding carboxylic acids is 4. The number of nitrogens with two attached hydrogens (primary N) is 1. The summed E-state index contributed by atoms with van der Waals surface area (Å²) in [6.45, 7) is 14.3. The fourth-order valence-electron chi connectivity index (χ4n) is 7.67. The summed E-state index contributed by atoms with van der Waals surface area (Å²) in [4.78, 5) is 55.6. The van der Waals surface area contributed by atoms with Crippen LogP contribution in [-0.2, 0) is 30.3 Å². The molecule has 3 aliphatic heterocycles. The SMILES string of the molecule is Cc1cc([C@@H]2CCN(C3CC(OC4CCN(C(=O)OC(C)(C)C)CC4)C3)C[C@@H]2F)c(F)c2c1C(=O)N([C@@H](CCC(=O)OC(C)(C)C)C(N)=O)C2. The zero-order chi connectivity index (χ0) is 36.7. The summed E-state index contributed by atoms with van der Waals surface area (Å²) >= 11 is 0. The number of likely N-dealkylation sites (tertiary alicyclic amines) is 2. The van der Waals surface area contributed by atoms with Gasteiger partial charge < -0.3 is 29.7 Å². The van der Waals surface area contributed by atoms with E-state index >= 15 is 8.78 Å². The van der Waals surface area contributed by atoms with Crippen LogP contribution >= 0.6 is 0 Å². The molecule has 4 aliphatic rings. The van der Waals surface area contributed by atoms with Crippen molar-refractivity contribution in [1.29, 1.82) is 0 Å². The lowest BCUT2D eigenvalue weighted by Gasteiger charge is -2.47. The molecule has 0 bridgehead atoms. The second-order valence-electron chi connectivity index (χ2n) is 16.4. The molecule has 3 heterocycles. The number of primary amides is 1. The third-order valence-electron chi connectivity index (χ3n) is 10.2. The number of hydrogen-bond donors (Lipinski definition) is 1. The molecule has 5 rings (SSSR count). The minimum atomic E-state index is -1.30. The van der Waals surface area contributed by atoms with Crippen molar-refractivity contribution >= 4 is 23.9 Å². The molecule has 3 amide bonds. The van der Waals surface area contributed by atoms with E-state index in [2.05, 4.69) is 4.90 Å². The third-order valence-corrected chi connectivity index (χ3v) is 10.2. The van der Waals surface area contributed by atoms with Gasteiger partial charge in [-0.3, -0.25) is 19.3 Å². The molecule has 13 heteroatoms. The van der Waals surface area contributed by atoms with Crippen molar-refractivity contribution in [3.8, 4) is 0 Å². The molecule has 3 atom stereocenters. The predicted molar refractivity (Wildman–Crippen MR) is 182 cm³/mol. The Balaban J connectivity index is 1.13. The average Bonchev–Trinajstić information content (AvgIpc) is 3.32. The van der Waals surface area contributed by atoms with E-state index in [4.69, 9.17) is 19.9 Å². The van der Waals surface area contributed by atoms with Gasteiger partial charge in [-0.1, -0.05) is 6.07 Å². The molecule has 278 valence electrons. The van der Waals surface area contributed by atoms with Gasteiger partial charge in [-0.2, -0.15) is 0 Å². The van der Waals surface area contributed by atoms with Crippen molar-refractivity contribution in [2.75, 3.05) is 26.2 Å². The number of nitrogens with zero attached hydrogens (tertiary/aromatic N) is 3. The fraction of sp³-hybridized carbons (Fsp3) is 0.730. The molecule has 1 aliphatic carbocycles. The Morgan fingerprint density at radius 1 is 0.980 bits per heavy atom. The van der Waals surface area contributed by atoms with Crippen LogP contribution in [-0.4, -0.2) is 106 Å². The van der Waals surface area contributed by atoms with Gasteiger partial charge in [-0.15, -0.1) is 0 Å². The maximum Gasteiger partial charge on any atom is 0.410 e. The molecule has 3 fully saturated rings. The monoisotopic (exact) mass is 704 g/mol. The smallest absolute Gasteiger partial charge is 0.410 e. The van der Waals surface area contributed by atoms with Crippen LogP contribution in [0.3, 0.4) is 0 Å². The largest absolute Gasteiger partial charge is 0.460 e. The van der Waals surface area contributed by atoms with Crippen LogP contribution in [0.15, 0.2) is 6.07 Å². The van der Waals surface area contributed by atoms with Crippen molar-refractivity contribution in [1.82, 2.24) is 14.7 Å². The molecule has 2 saturated heterocycles. The van der Waals surface area contributed by atoms with Gasteiger partial charge in [-0.25, -0.2) is 13.6 Å². The number of fused-ring (bicyclic) bond motifs is 1. The quantitative estimate of drug-likeness (QED) is 0.350. The highest BCUT2D eigenvalue weighted by molar-refractivity contribution is 6.02. The maximum absolute atomic E-state index is 16.2. The van der Waals surface area contributed by atoms with E-state index < -0.39 is 52.9 Å². The number of amides is 3. The van der Waals surface area contributed by atoms with Gasteiger partial charge in [0.1, 0.15) is 29.2 Å². The zero-order valence-electron chi connectivity index (χ0n) is 30.6. The summed E-state index contributed by atoms with van der Waals surface area (Å²) in [6.07, 6.45) is 1.95. The maximum atomic E-state index is 16.2. The first-order chi connectivity index (χ1) is 23.3. The van der Waals surface area contributed by atoms with Gasteiger partial charge in [0, 0.05) is 43.6 Å². The number of esters is 1. The standard InChI is InChI=1S/C37H54F2N4O7/c1-21-16-26(32(39)27-19-43(34(46)31(21)27)29(33(40)45)8-9-30(44)49-36(2,3)4)25-12-15-42(20-28(25)38)22-17-24(18-22)48-23-10-13-41(14-11-23)35(47)50-37(5,6)7/h16,22-25,28-29H,8-15,17-20H2,1-7H3,(H2,40,45)/t22?,24?,25-,28-,29-/m0/s1. The van der Waals surface area contributed by atoms with Crippen molar-refractivity contribution in [3.05, 3.63) is 34.1 Å². The number of hydrogen-bond acceptors (Lipinski definition) is 8. The minimum absolute atomic E-state index is 0.0526.